The highest BCUT2D eigenvalue weighted by molar-refractivity contribution is 5.94. The number of benzene rings is 1. The lowest BCUT2D eigenvalue weighted by molar-refractivity contribution is -0.140. The van der Waals surface area contributed by atoms with E-state index in [1.165, 1.54) is 7.11 Å². The predicted molar refractivity (Wildman–Crippen MR) is 69.4 cm³/mol. The Morgan fingerprint density at radius 1 is 1.33 bits per heavy atom. The molecule has 1 atom stereocenters. The topological polar surface area (TPSA) is 38.3 Å². The maximum Gasteiger partial charge on any atom is 0.419 e. The van der Waals surface area contributed by atoms with Crippen LogP contribution in [0.5, 0.6) is 0 Å². The van der Waals surface area contributed by atoms with Gasteiger partial charge in [-0.2, -0.15) is 13.2 Å². The number of alkyl halides is 3. The van der Waals surface area contributed by atoms with Gasteiger partial charge in [0.1, 0.15) is 5.82 Å². The number of nitrogens with one attached hydrogen (secondary N) is 1. The monoisotopic (exact) mass is 307 g/mol. The minimum absolute atomic E-state index is 0.0113. The number of carbonyl (C=O) groups excluding carboxylic acids is 1. The molecule has 0 radical (unpaired) electrons. The van der Waals surface area contributed by atoms with Gasteiger partial charge in [0.15, 0.2) is 0 Å². The van der Waals surface area contributed by atoms with Gasteiger partial charge in [0.05, 0.1) is 23.8 Å². The van der Waals surface area contributed by atoms with Gasteiger partial charge >= 0.3 is 6.18 Å². The Labute approximate surface area is 120 Å². The van der Waals surface area contributed by atoms with Crippen LogP contribution >= 0.6 is 0 Å². The van der Waals surface area contributed by atoms with Crippen molar-refractivity contribution in [3.8, 4) is 0 Å². The number of rotatable bonds is 5. The molecule has 0 saturated carbocycles. The molecule has 0 aliphatic heterocycles. The number of ether oxygens (including phenoxy) is 1. The molecule has 0 aromatic heterocycles. The zero-order valence-electron chi connectivity index (χ0n) is 11.9. The summed E-state index contributed by atoms with van der Waals surface area (Å²) in [5.41, 5.74) is -2.09. The highest BCUT2D eigenvalue weighted by atomic mass is 19.4. The summed E-state index contributed by atoms with van der Waals surface area (Å²) in [6, 6.07) is 2.20. The van der Waals surface area contributed by atoms with Gasteiger partial charge in [-0.1, -0.05) is 19.9 Å². The fourth-order valence-corrected chi connectivity index (χ4v) is 1.75. The van der Waals surface area contributed by atoms with E-state index in [2.05, 4.69) is 5.32 Å². The molecule has 0 fully saturated rings. The fraction of sp³-hybridized carbons (Fsp3) is 0.500. The van der Waals surface area contributed by atoms with Crippen LogP contribution in [0.25, 0.3) is 0 Å². The minimum Gasteiger partial charge on any atom is -0.383 e. The molecule has 1 amide bonds. The second-order valence-corrected chi connectivity index (χ2v) is 4.94. The van der Waals surface area contributed by atoms with Crippen molar-refractivity contribution in [3.05, 3.63) is 35.1 Å². The number of amides is 1. The van der Waals surface area contributed by atoms with Crippen LogP contribution < -0.4 is 5.32 Å². The third kappa shape index (κ3) is 4.42. The Morgan fingerprint density at radius 2 is 1.95 bits per heavy atom. The Balaban J connectivity index is 3.03. The van der Waals surface area contributed by atoms with E-state index in [9.17, 15) is 22.4 Å². The van der Waals surface area contributed by atoms with E-state index >= 15 is 0 Å². The van der Waals surface area contributed by atoms with Gasteiger partial charge in [0.25, 0.3) is 5.91 Å². The average Bonchev–Trinajstić information content (AvgIpc) is 2.36. The van der Waals surface area contributed by atoms with Crippen molar-refractivity contribution >= 4 is 5.91 Å². The molecule has 0 heterocycles. The van der Waals surface area contributed by atoms with Gasteiger partial charge in [0, 0.05) is 7.11 Å². The average molecular weight is 307 g/mol. The first-order valence-electron chi connectivity index (χ1n) is 6.34. The molecule has 0 spiro atoms. The van der Waals surface area contributed by atoms with Crippen LogP contribution in [-0.4, -0.2) is 25.7 Å². The Bertz CT molecular complexity index is 500. The van der Waals surface area contributed by atoms with Crippen molar-refractivity contribution in [3.63, 3.8) is 0 Å². The second kappa shape index (κ2) is 6.89. The molecule has 0 aliphatic carbocycles. The lowest BCUT2D eigenvalue weighted by atomic mass is 10.0. The van der Waals surface area contributed by atoms with Crippen molar-refractivity contribution in [1.29, 1.82) is 0 Å². The number of methoxy groups -OCH3 is 1. The van der Waals surface area contributed by atoms with Gasteiger partial charge in [-0.3, -0.25) is 4.79 Å². The van der Waals surface area contributed by atoms with Gasteiger partial charge in [-0.25, -0.2) is 4.39 Å². The number of hydrogen-bond acceptors (Lipinski definition) is 2. The normalized spacial score (nSPS) is 13.3. The fourth-order valence-electron chi connectivity index (χ4n) is 1.75. The maximum atomic E-state index is 13.8. The molecule has 1 aromatic carbocycles. The molecule has 1 unspecified atom stereocenters. The van der Waals surface area contributed by atoms with Gasteiger partial charge in [0.2, 0.25) is 0 Å². The highest BCUT2D eigenvalue weighted by Gasteiger charge is 2.35. The summed E-state index contributed by atoms with van der Waals surface area (Å²) in [6.45, 7) is 3.81. The smallest absolute Gasteiger partial charge is 0.383 e. The van der Waals surface area contributed by atoms with Gasteiger partial charge < -0.3 is 10.1 Å². The summed E-state index contributed by atoms with van der Waals surface area (Å²) in [7, 11) is 1.44. The first-order chi connectivity index (χ1) is 9.68. The van der Waals surface area contributed by atoms with Crippen LogP contribution in [0.4, 0.5) is 17.6 Å². The number of carbonyl (C=O) groups is 1. The van der Waals surface area contributed by atoms with Gasteiger partial charge in [-0.15, -0.1) is 0 Å². The molecule has 1 N–H and O–H groups in total. The van der Waals surface area contributed by atoms with Crippen molar-refractivity contribution in [1.82, 2.24) is 5.32 Å². The summed E-state index contributed by atoms with van der Waals surface area (Å²) < 4.78 is 56.6. The Hall–Kier alpha value is -1.63. The van der Waals surface area contributed by atoms with Crippen LogP contribution in [0, 0.1) is 11.7 Å². The molecule has 0 bridgehead atoms. The second-order valence-electron chi connectivity index (χ2n) is 4.94. The summed E-state index contributed by atoms with van der Waals surface area (Å²) >= 11 is 0. The van der Waals surface area contributed by atoms with Crippen LogP contribution in [-0.2, 0) is 10.9 Å². The van der Waals surface area contributed by atoms with E-state index in [1.54, 1.807) is 0 Å². The van der Waals surface area contributed by atoms with E-state index in [-0.39, 0.29) is 12.5 Å². The lowest BCUT2D eigenvalue weighted by Crippen LogP contribution is -2.42. The van der Waals surface area contributed by atoms with E-state index in [4.69, 9.17) is 4.74 Å². The lowest BCUT2D eigenvalue weighted by Gasteiger charge is -2.22. The van der Waals surface area contributed by atoms with Crippen molar-refractivity contribution in [2.45, 2.75) is 26.1 Å². The molecule has 7 heteroatoms. The highest BCUT2D eigenvalue weighted by Crippen LogP contribution is 2.32. The third-order valence-corrected chi connectivity index (χ3v) is 3.02. The molecule has 1 rings (SSSR count). The molecule has 0 aliphatic rings. The molecule has 118 valence electrons. The quantitative estimate of drug-likeness (QED) is 0.848. The van der Waals surface area contributed by atoms with Crippen LogP contribution in [0.1, 0.15) is 29.8 Å². The van der Waals surface area contributed by atoms with Crippen LogP contribution in [0.2, 0.25) is 0 Å². The Kier molecular flexibility index (Phi) is 5.71. The number of hydrogen-bond donors (Lipinski definition) is 1. The van der Waals surface area contributed by atoms with Crippen LogP contribution in [0.3, 0.4) is 0 Å². The van der Waals surface area contributed by atoms with Crippen LogP contribution in [0.15, 0.2) is 18.2 Å². The molecular weight excluding hydrogens is 290 g/mol. The predicted octanol–water partition coefficient (Wildman–Crippen LogP) is 3.25. The summed E-state index contributed by atoms with van der Waals surface area (Å²) in [4.78, 5) is 12.0. The van der Waals surface area contributed by atoms with Crippen molar-refractivity contribution in [2.75, 3.05) is 13.7 Å². The van der Waals surface area contributed by atoms with E-state index in [0.29, 0.717) is 6.07 Å². The molecule has 0 saturated heterocycles. The number of halogens is 4. The summed E-state index contributed by atoms with van der Waals surface area (Å²) in [6.07, 6.45) is -4.84. The largest absolute Gasteiger partial charge is 0.419 e. The standard InChI is InChI=1S/C14H17F4NO2/c1-8(2)11(7-21-3)19-13(20)9-5-4-6-10(12(9)15)14(16,17)18/h4-6,8,11H,7H2,1-3H3,(H,19,20). The SMILES string of the molecule is COCC(NC(=O)c1cccc(C(F)(F)F)c1F)C(C)C. The minimum atomic E-state index is -4.84. The summed E-state index contributed by atoms with van der Waals surface area (Å²) in [5.74, 6) is -2.47. The molecular formula is C14H17F4NO2. The third-order valence-electron chi connectivity index (χ3n) is 3.02. The first kappa shape index (κ1) is 17.4. The maximum absolute atomic E-state index is 13.8. The molecule has 1 aromatic rings. The van der Waals surface area contributed by atoms with E-state index < -0.39 is 35.1 Å². The molecule has 21 heavy (non-hydrogen) atoms. The molecule has 3 nitrogen and oxygen atoms in total. The van der Waals surface area contributed by atoms with Gasteiger partial charge in [-0.05, 0) is 18.1 Å². The summed E-state index contributed by atoms with van der Waals surface area (Å²) in [5, 5.41) is 2.48. The van der Waals surface area contributed by atoms with Crippen molar-refractivity contribution in [2.24, 2.45) is 5.92 Å². The zero-order chi connectivity index (χ0) is 16.2. The first-order valence-corrected chi connectivity index (χ1v) is 6.34. The van der Waals surface area contributed by atoms with E-state index in [0.717, 1.165) is 12.1 Å². The van der Waals surface area contributed by atoms with E-state index in [1.807, 2.05) is 13.8 Å². The Morgan fingerprint density at radius 3 is 2.43 bits per heavy atom. The van der Waals surface area contributed by atoms with Crippen molar-refractivity contribution < 1.29 is 27.1 Å². The zero-order valence-corrected chi connectivity index (χ0v) is 11.9.